The first-order valence-electron chi connectivity index (χ1n) is 7.69. The van der Waals surface area contributed by atoms with Crippen molar-refractivity contribution in [2.75, 3.05) is 31.1 Å². The lowest BCUT2D eigenvalue weighted by molar-refractivity contribution is 0.0778. The quantitative estimate of drug-likeness (QED) is 0.341. The largest absolute Gasteiger partial charge is 0.387 e. The summed E-state index contributed by atoms with van der Waals surface area (Å²) in [6, 6.07) is 7.87. The third kappa shape index (κ3) is 7.07. The van der Waals surface area contributed by atoms with Crippen LogP contribution in [0.25, 0.3) is 0 Å². The number of halogens is 2. The minimum Gasteiger partial charge on any atom is -0.387 e. The van der Waals surface area contributed by atoms with E-state index in [9.17, 15) is 5.11 Å². The second-order valence-electron chi connectivity index (χ2n) is 5.49. The fourth-order valence-electron chi connectivity index (χ4n) is 2.31. The molecular weight excluding hydrogens is 445 g/mol. The molecule has 1 aliphatic rings. The molecule has 0 radical (unpaired) electrons. The van der Waals surface area contributed by atoms with Gasteiger partial charge in [0.15, 0.2) is 5.96 Å². The van der Waals surface area contributed by atoms with E-state index in [1.165, 1.54) is 0 Å². The van der Waals surface area contributed by atoms with E-state index >= 15 is 0 Å². The summed E-state index contributed by atoms with van der Waals surface area (Å²) in [5.41, 5.74) is 0.480. The molecule has 1 aliphatic heterocycles. The molecule has 0 amide bonds. The summed E-state index contributed by atoms with van der Waals surface area (Å²) in [6.07, 6.45) is 1.66. The fraction of sp³-hybridized carbons (Fsp3) is 0.562. The van der Waals surface area contributed by atoms with Gasteiger partial charge in [0.1, 0.15) is 0 Å². The molecule has 1 unspecified atom stereocenters. The van der Waals surface area contributed by atoms with Crippen LogP contribution in [0.15, 0.2) is 29.3 Å². The minimum absolute atomic E-state index is 0. The molecule has 0 aliphatic carbocycles. The average molecular weight is 470 g/mol. The van der Waals surface area contributed by atoms with Crippen LogP contribution in [0.1, 0.15) is 18.9 Å². The van der Waals surface area contributed by atoms with E-state index in [2.05, 4.69) is 15.6 Å². The lowest BCUT2D eigenvalue weighted by Crippen LogP contribution is -2.40. The Hall–Kier alpha value is -0.180. The Bertz CT molecular complexity index is 510. The van der Waals surface area contributed by atoms with Crippen LogP contribution in [0.3, 0.4) is 0 Å². The normalized spacial score (nSPS) is 20.9. The molecule has 130 valence electrons. The highest BCUT2D eigenvalue weighted by Crippen LogP contribution is 2.27. The monoisotopic (exact) mass is 469 g/mol. The van der Waals surface area contributed by atoms with Gasteiger partial charge in [-0.05, 0) is 37.1 Å². The molecule has 1 aromatic carbocycles. The van der Waals surface area contributed by atoms with Gasteiger partial charge in [-0.15, -0.1) is 24.0 Å². The number of hydrogen-bond acceptors (Lipinski definition) is 3. The predicted octanol–water partition coefficient (Wildman–Crippen LogP) is 2.92. The number of aliphatic hydroxyl groups is 1. The van der Waals surface area contributed by atoms with E-state index in [0.717, 1.165) is 54.0 Å². The van der Waals surface area contributed by atoms with Crippen LogP contribution in [0.5, 0.6) is 0 Å². The Morgan fingerprint density at radius 3 is 2.83 bits per heavy atom. The van der Waals surface area contributed by atoms with Crippen LogP contribution in [0.2, 0.25) is 5.02 Å². The van der Waals surface area contributed by atoms with E-state index in [4.69, 9.17) is 11.6 Å². The van der Waals surface area contributed by atoms with E-state index in [1.54, 1.807) is 11.8 Å². The highest BCUT2D eigenvalue weighted by Gasteiger charge is 2.31. The predicted molar refractivity (Wildman–Crippen MR) is 111 cm³/mol. The molecule has 0 bridgehead atoms. The van der Waals surface area contributed by atoms with Crippen LogP contribution in [0.4, 0.5) is 0 Å². The molecule has 7 heteroatoms. The molecule has 1 saturated heterocycles. The van der Waals surface area contributed by atoms with Gasteiger partial charge in [-0.3, -0.25) is 4.99 Å². The van der Waals surface area contributed by atoms with Gasteiger partial charge in [-0.1, -0.05) is 29.8 Å². The molecule has 4 nitrogen and oxygen atoms in total. The van der Waals surface area contributed by atoms with Crippen molar-refractivity contribution in [2.24, 2.45) is 4.99 Å². The topological polar surface area (TPSA) is 56.7 Å². The van der Waals surface area contributed by atoms with Gasteiger partial charge < -0.3 is 15.7 Å². The number of guanidine groups is 1. The molecule has 1 aromatic rings. The minimum atomic E-state index is -0.643. The number of nitrogens with one attached hydrogen (secondary N) is 2. The Balaban J connectivity index is 0.00000264. The second-order valence-corrected chi connectivity index (χ2v) is 7.00. The SMILES string of the molecule is CCNC(=NCC1(O)CCSC1)NCCc1ccccc1Cl.I. The molecule has 0 aromatic heterocycles. The summed E-state index contributed by atoms with van der Waals surface area (Å²) in [7, 11) is 0. The van der Waals surface area contributed by atoms with Gasteiger partial charge in [-0.25, -0.2) is 0 Å². The van der Waals surface area contributed by atoms with Crippen molar-refractivity contribution in [3.63, 3.8) is 0 Å². The maximum Gasteiger partial charge on any atom is 0.191 e. The Labute approximate surface area is 164 Å². The zero-order valence-corrected chi connectivity index (χ0v) is 17.3. The highest BCUT2D eigenvalue weighted by molar-refractivity contribution is 14.0. The number of aliphatic imine (C=N–C) groups is 1. The average Bonchev–Trinajstić information content (AvgIpc) is 2.94. The van der Waals surface area contributed by atoms with Crippen molar-refractivity contribution in [1.82, 2.24) is 10.6 Å². The lowest BCUT2D eigenvalue weighted by atomic mass is 10.1. The lowest BCUT2D eigenvalue weighted by Gasteiger charge is -2.19. The van der Waals surface area contributed by atoms with Crippen LogP contribution < -0.4 is 10.6 Å². The van der Waals surface area contributed by atoms with Gasteiger partial charge in [0, 0.05) is 23.9 Å². The third-order valence-corrected chi connectivity index (χ3v) is 5.21. The zero-order chi connectivity index (χ0) is 15.8. The van der Waals surface area contributed by atoms with Crippen LogP contribution in [-0.2, 0) is 6.42 Å². The van der Waals surface area contributed by atoms with Gasteiger partial charge in [0.2, 0.25) is 0 Å². The Morgan fingerprint density at radius 2 is 2.17 bits per heavy atom. The van der Waals surface area contributed by atoms with Crippen molar-refractivity contribution < 1.29 is 5.11 Å². The van der Waals surface area contributed by atoms with Crippen molar-refractivity contribution in [3.05, 3.63) is 34.9 Å². The van der Waals surface area contributed by atoms with E-state index in [0.29, 0.717) is 6.54 Å². The number of hydrogen-bond donors (Lipinski definition) is 3. The molecule has 0 spiro atoms. The Kier molecular flexibility index (Phi) is 9.65. The molecular formula is C16H25ClIN3OS. The Morgan fingerprint density at radius 1 is 1.39 bits per heavy atom. The maximum atomic E-state index is 10.3. The van der Waals surface area contributed by atoms with Crippen LogP contribution in [-0.4, -0.2) is 47.8 Å². The molecule has 1 atom stereocenters. The zero-order valence-electron chi connectivity index (χ0n) is 13.3. The summed E-state index contributed by atoms with van der Waals surface area (Å²) in [5, 5.41) is 17.7. The summed E-state index contributed by atoms with van der Waals surface area (Å²) in [4.78, 5) is 4.52. The number of rotatable bonds is 6. The fourth-order valence-corrected chi connectivity index (χ4v) is 3.82. The molecule has 2 rings (SSSR count). The van der Waals surface area contributed by atoms with Crippen molar-refractivity contribution >= 4 is 53.3 Å². The molecule has 23 heavy (non-hydrogen) atoms. The summed E-state index contributed by atoms with van der Waals surface area (Å²) >= 11 is 7.95. The van der Waals surface area contributed by atoms with E-state index in [1.807, 2.05) is 31.2 Å². The summed E-state index contributed by atoms with van der Waals surface area (Å²) < 4.78 is 0. The van der Waals surface area contributed by atoms with Gasteiger partial charge in [0.25, 0.3) is 0 Å². The summed E-state index contributed by atoms with van der Waals surface area (Å²) in [5.74, 6) is 2.54. The first-order valence-corrected chi connectivity index (χ1v) is 9.22. The van der Waals surface area contributed by atoms with Gasteiger partial charge >= 0.3 is 0 Å². The number of thioether (sulfide) groups is 1. The number of benzene rings is 1. The first kappa shape index (κ1) is 20.9. The maximum absolute atomic E-state index is 10.3. The molecule has 3 N–H and O–H groups in total. The molecule has 0 saturated carbocycles. The highest BCUT2D eigenvalue weighted by atomic mass is 127. The van der Waals surface area contributed by atoms with Crippen molar-refractivity contribution in [2.45, 2.75) is 25.4 Å². The van der Waals surface area contributed by atoms with Gasteiger partial charge in [-0.2, -0.15) is 11.8 Å². The van der Waals surface area contributed by atoms with E-state index in [-0.39, 0.29) is 24.0 Å². The smallest absolute Gasteiger partial charge is 0.191 e. The van der Waals surface area contributed by atoms with E-state index < -0.39 is 5.60 Å². The first-order chi connectivity index (χ1) is 10.6. The van der Waals surface area contributed by atoms with Crippen LogP contribution >= 0.6 is 47.3 Å². The van der Waals surface area contributed by atoms with Crippen molar-refractivity contribution in [1.29, 1.82) is 0 Å². The number of nitrogens with zero attached hydrogens (tertiary/aromatic N) is 1. The van der Waals surface area contributed by atoms with Gasteiger partial charge in [0.05, 0.1) is 12.1 Å². The molecule has 1 fully saturated rings. The molecule has 1 heterocycles. The summed E-state index contributed by atoms with van der Waals surface area (Å²) in [6.45, 7) is 4.03. The standard InChI is InChI=1S/C16H24ClN3OS.HI/c1-2-18-15(20-11-16(21)8-10-22-12-16)19-9-7-13-5-3-4-6-14(13)17;/h3-6,21H,2,7-12H2,1H3,(H2,18,19,20);1H. The third-order valence-electron chi connectivity index (χ3n) is 3.60. The second kappa shape index (κ2) is 10.6. The van der Waals surface area contributed by atoms with Crippen LogP contribution in [0, 0.1) is 0 Å². The van der Waals surface area contributed by atoms with Crippen molar-refractivity contribution in [3.8, 4) is 0 Å².